The summed E-state index contributed by atoms with van der Waals surface area (Å²) in [6.45, 7) is 2.51. The lowest BCUT2D eigenvalue weighted by atomic mass is 9.98. The first kappa shape index (κ1) is 20.2. The molecule has 2 aliphatic rings. The molecule has 0 amide bonds. The Bertz CT molecular complexity index is 848. The Labute approximate surface area is 176 Å². The molecule has 4 rings (SSSR count). The second-order valence-electron chi connectivity index (χ2n) is 8.01. The molecule has 29 heavy (non-hydrogen) atoms. The summed E-state index contributed by atoms with van der Waals surface area (Å²) in [4.78, 5) is 25.9. The number of halogens is 1. The lowest BCUT2D eigenvalue weighted by Gasteiger charge is -2.22. The lowest BCUT2D eigenvalue weighted by Crippen LogP contribution is -2.23. The van der Waals surface area contributed by atoms with Gasteiger partial charge in [-0.3, -0.25) is 14.8 Å². The lowest BCUT2D eigenvalue weighted by molar-refractivity contribution is -0.122. The zero-order valence-corrected chi connectivity index (χ0v) is 17.3. The van der Waals surface area contributed by atoms with Crippen molar-refractivity contribution in [3.63, 3.8) is 0 Å². The molecule has 0 atom stereocenters. The SMILES string of the molecule is O=C(Cc1cc(-c2cncc(NCC3CCOCC3)n2)c(Cl)cn1)C1CCCC1. The summed E-state index contributed by atoms with van der Waals surface area (Å²) in [5.41, 5.74) is 2.19. The van der Waals surface area contributed by atoms with Crippen LogP contribution in [0.4, 0.5) is 5.82 Å². The van der Waals surface area contributed by atoms with Crippen LogP contribution in [-0.4, -0.2) is 40.5 Å². The van der Waals surface area contributed by atoms with Gasteiger partial charge in [0.25, 0.3) is 0 Å². The van der Waals surface area contributed by atoms with Crippen LogP contribution in [0.25, 0.3) is 11.3 Å². The van der Waals surface area contributed by atoms with E-state index in [1.54, 1.807) is 18.6 Å². The molecular formula is C22H27ClN4O2. The summed E-state index contributed by atoms with van der Waals surface area (Å²) in [6, 6.07) is 1.88. The van der Waals surface area contributed by atoms with Crippen molar-refractivity contribution < 1.29 is 9.53 Å². The molecule has 0 spiro atoms. The summed E-state index contributed by atoms with van der Waals surface area (Å²) < 4.78 is 5.41. The number of pyridine rings is 1. The van der Waals surface area contributed by atoms with Gasteiger partial charge in [0.1, 0.15) is 11.6 Å². The quantitative estimate of drug-likeness (QED) is 0.726. The van der Waals surface area contributed by atoms with E-state index in [-0.39, 0.29) is 11.7 Å². The summed E-state index contributed by atoms with van der Waals surface area (Å²) in [7, 11) is 0. The number of anilines is 1. The van der Waals surface area contributed by atoms with E-state index in [1.807, 2.05) is 6.07 Å². The largest absolute Gasteiger partial charge is 0.381 e. The molecule has 1 aliphatic carbocycles. The van der Waals surface area contributed by atoms with E-state index in [1.165, 1.54) is 0 Å². The number of rotatable bonds is 7. The number of carbonyl (C=O) groups is 1. The third kappa shape index (κ3) is 5.31. The Hall–Kier alpha value is -2.05. The highest BCUT2D eigenvalue weighted by molar-refractivity contribution is 6.33. The third-order valence-corrected chi connectivity index (χ3v) is 6.20. The van der Waals surface area contributed by atoms with Crippen LogP contribution in [0.2, 0.25) is 5.02 Å². The second-order valence-corrected chi connectivity index (χ2v) is 8.41. The van der Waals surface area contributed by atoms with Gasteiger partial charge in [0.2, 0.25) is 0 Å². The number of nitrogens with one attached hydrogen (secondary N) is 1. The highest BCUT2D eigenvalue weighted by atomic mass is 35.5. The predicted octanol–water partition coefficient (Wildman–Crippen LogP) is 4.33. The minimum Gasteiger partial charge on any atom is -0.381 e. The summed E-state index contributed by atoms with van der Waals surface area (Å²) in [5, 5.41) is 3.90. The van der Waals surface area contributed by atoms with Crippen molar-refractivity contribution in [1.82, 2.24) is 15.0 Å². The van der Waals surface area contributed by atoms with Gasteiger partial charge < -0.3 is 10.1 Å². The molecule has 0 radical (unpaired) electrons. The van der Waals surface area contributed by atoms with E-state index in [0.717, 1.165) is 75.4 Å². The number of ether oxygens (including phenoxy) is 1. The van der Waals surface area contributed by atoms with E-state index in [9.17, 15) is 4.79 Å². The fourth-order valence-corrected chi connectivity index (χ4v) is 4.33. The Morgan fingerprint density at radius 1 is 1.14 bits per heavy atom. The monoisotopic (exact) mass is 414 g/mol. The molecule has 2 fully saturated rings. The first-order valence-corrected chi connectivity index (χ1v) is 10.9. The van der Waals surface area contributed by atoms with Crippen LogP contribution in [0, 0.1) is 11.8 Å². The van der Waals surface area contributed by atoms with Crippen LogP contribution in [0.3, 0.4) is 0 Å². The van der Waals surface area contributed by atoms with Gasteiger partial charge in [-0.2, -0.15) is 0 Å². The number of Topliss-reactive ketones (excluding diaryl/α,β-unsaturated/α-hetero) is 1. The van der Waals surface area contributed by atoms with Gasteiger partial charge in [-0.05, 0) is 37.7 Å². The molecule has 3 heterocycles. The number of hydrogen-bond acceptors (Lipinski definition) is 6. The normalized spacial score (nSPS) is 18.1. The number of carbonyl (C=O) groups excluding carboxylic acids is 1. The van der Waals surface area contributed by atoms with Gasteiger partial charge in [-0.15, -0.1) is 0 Å². The van der Waals surface area contributed by atoms with Gasteiger partial charge in [0, 0.05) is 49.6 Å². The molecule has 1 aliphatic heterocycles. The fourth-order valence-electron chi connectivity index (χ4n) is 4.13. The Morgan fingerprint density at radius 3 is 2.72 bits per heavy atom. The van der Waals surface area contributed by atoms with Crippen molar-refractivity contribution >= 4 is 23.2 Å². The van der Waals surface area contributed by atoms with Gasteiger partial charge in [-0.1, -0.05) is 24.4 Å². The standard InChI is InChI=1S/C22H27ClN4O2/c23-19-12-25-17(10-21(28)16-3-1-2-4-16)9-18(19)20-13-24-14-22(27-20)26-11-15-5-7-29-8-6-15/h9,12-16H,1-8,10-11H2,(H,26,27). The molecule has 0 unspecified atom stereocenters. The average molecular weight is 415 g/mol. The minimum absolute atomic E-state index is 0.188. The maximum absolute atomic E-state index is 12.5. The highest BCUT2D eigenvalue weighted by Gasteiger charge is 2.23. The summed E-state index contributed by atoms with van der Waals surface area (Å²) in [6.07, 6.45) is 11.8. The van der Waals surface area contributed by atoms with Crippen LogP contribution < -0.4 is 5.32 Å². The van der Waals surface area contributed by atoms with Crippen LogP contribution >= 0.6 is 11.6 Å². The van der Waals surface area contributed by atoms with E-state index < -0.39 is 0 Å². The molecule has 1 saturated carbocycles. The molecule has 6 nitrogen and oxygen atoms in total. The molecule has 7 heteroatoms. The van der Waals surface area contributed by atoms with Crippen molar-refractivity contribution in [1.29, 1.82) is 0 Å². The average Bonchev–Trinajstić information content (AvgIpc) is 3.30. The first-order valence-electron chi connectivity index (χ1n) is 10.5. The fraction of sp³-hybridized carbons (Fsp3) is 0.545. The maximum atomic E-state index is 12.5. The van der Waals surface area contributed by atoms with Gasteiger partial charge in [-0.25, -0.2) is 4.98 Å². The highest BCUT2D eigenvalue weighted by Crippen LogP contribution is 2.29. The van der Waals surface area contributed by atoms with Crippen LogP contribution in [-0.2, 0) is 16.0 Å². The Morgan fingerprint density at radius 2 is 1.93 bits per heavy atom. The van der Waals surface area contributed by atoms with E-state index in [4.69, 9.17) is 16.3 Å². The van der Waals surface area contributed by atoms with Crippen molar-refractivity contribution in [3.8, 4) is 11.3 Å². The molecule has 1 saturated heterocycles. The van der Waals surface area contributed by atoms with Crippen LogP contribution in [0.1, 0.15) is 44.2 Å². The van der Waals surface area contributed by atoms with Crippen LogP contribution in [0.15, 0.2) is 24.7 Å². The summed E-state index contributed by atoms with van der Waals surface area (Å²) >= 11 is 6.40. The second kappa shape index (κ2) is 9.63. The molecule has 154 valence electrons. The maximum Gasteiger partial charge on any atom is 0.145 e. The number of hydrogen-bond donors (Lipinski definition) is 1. The van der Waals surface area contributed by atoms with Crippen molar-refractivity contribution in [2.45, 2.75) is 44.9 Å². The molecule has 1 N–H and O–H groups in total. The number of aromatic nitrogens is 3. The van der Waals surface area contributed by atoms with E-state index >= 15 is 0 Å². The van der Waals surface area contributed by atoms with Crippen LogP contribution in [0.5, 0.6) is 0 Å². The topological polar surface area (TPSA) is 77.0 Å². The molecule has 0 bridgehead atoms. The smallest absolute Gasteiger partial charge is 0.145 e. The third-order valence-electron chi connectivity index (χ3n) is 5.90. The molecule has 2 aromatic rings. The molecular weight excluding hydrogens is 388 g/mol. The molecule has 2 aromatic heterocycles. The number of nitrogens with zero attached hydrogens (tertiary/aromatic N) is 3. The van der Waals surface area contributed by atoms with Gasteiger partial charge in [0.15, 0.2) is 0 Å². The predicted molar refractivity (Wildman–Crippen MR) is 113 cm³/mol. The van der Waals surface area contributed by atoms with Crippen molar-refractivity contribution in [2.24, 2.45) is 11.8 Å². The first-order chi connectivity index (χ1) is 14.2. The van der Waals surface area contributed by atoms with E-state index in [0.29, 0.717) is 23.1 Å². The Balaban J connectivity index is 1.46. The Kier molecular flexibility index (Phi) is 6.72. The van der Waals surface area contributed by atoms with Crippen molar-refractivity contribution in [2.75, 3.05) is 25.1 Å². The van der Waals surface area contributed by atoms with Gasteiger partial charge >= 0.3 is 0 Å². The zero-order chi connectivity index (χ0) is 20.1. The van der Waals surface area contributed by atoms with Crippen molar-refractivity contribution in [3.05, 3.63) is 35.4 Å². The van der Waals surface area contributed by atoms with E-state index in [2.05, 4.69) is 20.3 Å². The minimum atomic E-state index is 0.188. The van der Waals surface area contributed by atoms with Gasteiger partial charge in [0.05, 0.1) is 23.1 Å². The zero-order valence-electron chi connectivity index (χ0n) is 16.6. The number of ketones is 1. The molecule has 0 aromatic carbocycles. The summed E-state index contributed by atoms with van der Waals surface area (Å²) in [5.74, 6) is 1.78.